The van der Waals surface area contributed by atoms with Gasteiger partial charge in [-0.1, -0.05) is 72.8 Å². The van der Waals surface area contributed by atoms with E-state index in [1.54, 1.807) is 48.5 Å². The van der Waals surface area contributed by atoms with Gasteiger partial charge in [-0.2, -0.15) is 10.2 Å². The Hall–Kier alpha value is -3.62. The van der Waals surface area contributed by atoms with E-state index in [2.05, 4.69) is 38.4 Å². The number of rotatable bonds is 23. The summed E-state index contributed by atoms with van der Waals surface area (Å²) in [6, 6.07) is 36.4. The minimum atomic E-state index is -3.65. The maximum absolute atomic E-state index is 13.7. The first-order chi connectivity index (χ1) is 23.9. The average Bonchev–Trinajstić information content (AvgIpc) is 3.07. The van der Waals surface area contributed by atoms with Crippen molar-refractivity contribution >= 4 is 15.5 Å². The summed E-state index contributed by atoms with van der Waals surface area (Å²) in [7, 11) is 1.46. The molecular weight excluding hydrogens is 670 g/mol. The molecule has 4 rings (SSSR count). The first-order valence-corrected chi connectivity index (χ1v) is 20.3. The van der Waals surface area contributed by atoms with Gasteiger partial charge in [-0.15, -0.1) is 0 Å². The zero-order valence-corrected chi connectivity index (χ0v) is 31.6. The first-order valence-electron chi connectivity index (χ1n) is 17.3. The number of para-hydroxylation sites is 4. The van der Waals surface area contributed by atoms with Crippen LogP contribution >= 0.6 is 15.5 Å². The number of hydrogen-bond acceptors (Lipinski definition) is 6. The molecule has 0 aliphatic carbocycles. The van der Waals surface area contributed by atoms with E-state index in [0.717, 1.165) is 60.8 Å². The molecule has 0 bridgehead atoms. The van der Waals surface area contributed by atoms with Gasteiger partial charge in [0, 0.05) is 0 Å². The van der Waals surface area contributed by atoms with Gasteiger partial charge < -0.3 is 27.1 Å². The third-order valence-electron chi connectivity index (χ3n) is 8.20. The lowest BCUT2D eigenvalue weighted by atomic mass is 10.1. The van der Waals surface area contributed by atoms with E-state index in [-0.39, 0.29) is 0 Å². The van der Waals surface area contributed by atoms with Crippen LogP contribution in [0.1, 0.15) is 25.7 Å². The molecule has 0 atom stereocenters. The first kappa shape index (κ1) is 39.2. The summed E-state index contributed by atoms with van der Waals surface area (Å²) >= 11 is 0. The summed E-state index contributed by atoms with van der Waals surface area (Å²) in [5, 5.41) is 6.16. The lowest BCUT2D eigenvalue weighted by Crippen LogP contribution is -2.45. The second-order valence-electron chi connectivity index (χ2n) is 13.6. The summed E-state index contributed by atoms with van der Waals surface area (Å²) < 4.78 is 52.4. The van der Waals surface area contributed by atoms with Crippen LogP contribution in [0.4, 0.5) is 0 Å². The number of quaternary nitrogens is 2. The fourth-order valence-electron chi connectivity index (χ4n) is 5.28. The zero-order valence-electron chi connectivity index (χ0n) is 29.9. The number of unbranched alkanes of at least 4 members (excludes halogenated alkanes) is 3. The molecule has 0 fully saturated rings. The Bertz CT molecular complexity index is 1420. The van der Waals surface area contributed by atoms with Gasteiger partial charge in [0.25, 0.3) is 0 Å². The summed E-state index contributed by atoms with van der Waals surface area (Å²) in [4.78, 5) is 0. The van der Waals surface area contributed by atoms with Gasteiger partial charge in [-0.25, -0.2) is 9.13 Å². The Morgan fingerprint density at radius 2 is 0.680 bits per heavy atom. The SMILES string of the molecule is C[N+](C)(CCCCCC[N+](C)(C)CCNP(=O)(Oc1ccccc1)Oc1ccccc1)CCNP(=O)(Oc1ccccc1)Oc1ccccc1. The third kappa shape index (κ3) is 14.7. The Morgan fingerprint density at radius 3 is 0.940 bits per heavy atom. The van der Waals surface area contributed by atoms with E-state index in [1.165, 1.54) is 0 Å². The summed E-state index contributed by atoms with van der Waals surface area (Å²) in [6.45, 7) is 4.50. The van der Waals surface area contributed by atoms with E-state index < -0.39 is 15.5 Å². The van der Waals surface area contributed by atoms with Gasteiger partial charge in [-0.3, -0.25) is 0 Å². The van der Waals surface area contributed by atoms with Gasteiger partial charge in [0.15, 0.2) is 0 Å². The number of hydrogen-bond donors (Lipinski definition) is 2. The second kappa shape index (κ2) is 19.1. The molecule has 0 saturated heterocycles. The van der Waals surface area contributed by atoms with Crippen LogP contribution in [0.25, 0.3) is 0 Å². The van der Waals surface area contributed by atoms with Crippen LogP contribution in [0.2, 0.25) is 0 Å². The van der Waals surface area contributed by atoms with E-state index in [0.29, 0.717) is 36.1 Å². The minimum absolute atomic E-state index is 0.476. The van der Waals surface area contributed by atoms with E-state index >= 15 is 0 Å². The molecule has 4 aromatic rings. The smallest absolute Gasteiger partial charge is 0.405 e. The van der Waals surface area contributed by atoms with Crippen LogP contribution in [0.5, 0.6) is 23.0 Å². The molecule has 2 N–H and O–H groups in total. The number of nitrogens with one attached hydrogen (secondary N) is 2. The lowest BCUT2D eigenvalue weighted by molar-refractivity contribution is -0.890. The average molecular weight is 725 g/mol. The molecule has 4 aromatic carbocycles. The lowest BCUT2D eigenvalue weighted by Gasteiger charge is -2.31. The summed E-state index contributed by atoms with van der Waals surface area (Å²) in [6.07, 6.45) is 4.45. The molecule has 0 spiro atoms. The molecule has 50 heavy (non-hydrogen) atoms. The van der Waals surface area contributed by atoms with E-state index in [9.17, 15) is 9.13 Å². The van der Waals surface area contributed by atoms with Crippen LogP contribution in [-0.4, -0.2) is 76.4 Å². The monoisotopic (exact) mass is 724 g/mol. The van der Waals surface area contributed by atoms with Crippen LogP contribution < -0.4 is 28.3 Å². The molecule has 0 aromatic heterocycles. The van der Waals surface area contributed by atoms with Gasteiger partial charge in [0.05, 0.1) is 67.5 Å². The number of nitrogens with zero attached hydrogens (tertiary/aromatic N) is 2. The topological polar surface area (TPSA) is 95.1 Å². The predicted octanol–water partition coefficient (Wildman–Crippen LogP) is 8.41. The molecule has 0 aliphatic rings. The van der Waals surface area contributed by atoms with Crippen molar-refractivity contribution in [1.82, 2.24) is 10.2 Å². The van der Waals surface area contributed by atoms with Crippen molar-refractivity contribution in [1.29, 1.82) is 0 Å². The minimum Gasteiger partial charge on any atom is -0.405 e. The standard InChI is InChI=1S/C38H54N4O6P2/c1-41(2,33-29-39-49(43,45-35-21-11-7-12-22-35)46-36-23-13-8-14-24-36)31-19-5-6-20-32-42(3,4)34-30-40-50(44,47-37-25-15-9-16-26-37)48-38-27-17-10-18-28-38/h7-18,21-28H,5-6,19-20,29-34H2,1-4H3,(H,39,43)(H,40,44)/q+2. The van der Waals surface area contributed by atoms with Crippen molar-refractivity contribution in [3.8, 4) is 23.0 Å². The Morgan fingerprint density at radius 1 is 0.420 bits per heavy atom. The summed E-state index contributed by atoms with van der Waals surface area (Å²) in [5.41, 5.74) is 0. The molecule has 0 aliphatic heterocycles. The molecule has 0 radical (unpaired) electrons. The van der Waals surface area contributed by atoms with Crippen molar-refractivity contribution in [3.05, 3.63) is 121 Å². The van der Waals surface area contributed by atoms with Gasteiger partial charge >= 0.3 is 15.5 Å². The zero-order chi connectivity index (χ0) is 35.8. The van der Waals surface area contributed by atoms with Crippen LogP contribution in [0, 0.1) is 0 Å². The fourth-order valence-corrected chi connectivity index (χ4v) is 7.96. The van der Waals surface area contributed by atoms with Crippen molar-refractivity contribution in [2.24, 2.45) is 0 Å². The maximum Gasteiger partial charge on any atom is 0.513 e. The van der Waals surface area contributed by atoms with Crippen molar-refractivity contribution in [2.45, 2.75) is 25.7 Å². The predicted molar refractivity (Wildman–Crippen MR) is 202 cm³/mol. The van der Waals surface area contributed by atoms with Gasteiger partial charge in [0.2, 0.25) is 0 Å². The molecular formula is C38H54N4O6P2+2. The quantitative estimate of drug-likeness (QED) is 0.0448. The van der Waals surface area contributed by atoms with Crippen LogP contribution in [0.3, 0.4) is 0 Å². The van der Waals surface area contributed by atoms with Crippen LogP contribution in [0.15, 0.2) is 121 Å². The largest absolute Gasteiger partial charge is 0.513 e. The normalized spacial score (nSPS) is 12.3. The van der Waals surface area contributed by atoms with Crippen molar-refractivity contribution in [2.75, 3.05) is 67.5 Å². The molecule has 12 heteroatoms. The number of likely N-dealkylation sites (N-methyl/N-ethyl adjacent to an activating group) is 2. The van der Waals surface area contributed by atoms with Crippen LogP contribution in [-0.2, 0) is 9.13 Å². The molecule has 0 unspecified atom stereocenters. The highest BCUT2D eigenvalue weighted by atomic mass is 31.2. The second-order valence-corrected chi connectivity index (χ2v) is 17.0. The Balaban J connectivity index is 1.15. The van der Waals surface area contributed by atoms with Gasteiger partial charge in [0.1, 0.15) is 23.0 Å². The van der Waals surface area contributed by atoms with Gasteiger partial charge in [-0.05, 0) is 74.2 Å². The maximum atomic E-state index is 13.7. The molecule has 0 saturated carbocycles. The molecule has 0 amide bonds. The molecule has 10 nitrogen and oxygen atoms in total. The highest BCUT2D eigenvalue weighted by Gasteiger charge is 2.31. The Labute approximate surface area is 298 Å². The van der Waals surface area contributed by atoms with E-state index in [1.807, 2.05) is 72.8 Å². The molecule has 0 heterocycles. The van der Waals surface area contributed by atoms with Crippen molar-refractivity contribution in [3.63, 3.8) is 0 Å². The molecule has 270 valence electrons. The fraction of sp³-hybridized carbons (Fsp3) is 0.368. The Kier molecular flexibility index (Phi) is 15.0. The van der Waals surface area contributed by atoms with E-state index in [4.69, 9.17) is 18.1 Å². The highest BCUT2D eigenvalue weighted by Crippen LogP contribution is 2.45. The highest BCUT2D eigenvalue weighted by molar-refractivity contribution is 7.52. The van der Waals surface area contributed by atoms with Crippen molar-refractivity contribution < 1.29 is 36.2 Å². The number of benzene rings is 4. The third-order valence-corrected chi connectivity index (χ3v) is 11.2. The summed E-state index contributed by atoms with van der Waals surface area (Å²) in [5.74, 6) is 1.95.